The lowest BCUT2D eigenvalue weighted by molar-refractivity contribution is 0.102. The predicted octanol–water partition coefficient (Wildman–Crippen LogP) is 1.89. The minimum absolute atomic E-state index is 0.184. The van der Waals surface area contributed by atoms with E-state index < -0.39 is 0 Å². The largest absolute Gasteiger partial charge is 0.289 e. The summed E-state index contributed by atoms with van der Waals surface area (Å²) in [5.74, 6) is -0.0938. The molecule has 1 aromatic carbocycles. The Balaban J connectivity index is 2.19. The van der Waals surface area contributed by atoms with Crippen molar-refractivity contribution < 1.29 is 4.79 Å². The molecule has 80 valence electrons. The first-order valence-electron chi connectivity index (χ1n) is 4.47. The fraction of sp³-hybridized carbons (Fsp3) is 0. The number of nitrogens with zero attached hydrogens (tertiary/aromatic N) is 3. The van der Waals surface area contributed by atoms with E-state index >= 15 is 0 Å². The lowest BCUT2D eigenvalue weighted by Gasteiger charge is -2.03. The van der Waals surface area contributed by atoms with Gasteiger partial charge in [0.15, 0.2) is 0 Å². The molecule has 0 unspecified atom stereocenters. The van der Waals surface area contributed by atoms with E-state index in [4.69, 9.17) is 0 Å². The zero-order valence-corrected chi connectivity index (χ0v) is 9.68. The molecule has 0 spiro atoms. The molecule has 0 aliphatic carbocycles. The van der Waals surface area contributed by atoms with Crippen molar-refractivity contribution in [2.75, 3.05) is 5.32 Å². The first kappa shape index (κ1) is 10.7. The Bertz CT molecular complexity index is 503. The molecule has 0 saturated carbocycles. The van der Waals surface area contributed by atoms with Crippen LogP contribution in [0.4, 0.5) is 5.95 Å². The van der Waals surface area contributed by atoms with Crippen LogP contribution in [0.1, 0.15) is 10.4 Å². The normalized spacial score (nSPS) is 9.81. The number of benzene rings is 1. The summed E-state index contributed by atoms with van der Waals surface area (Å²) < 4.78 is 0.719. The number of halogens is 1. The number of hydrogen-bond acceptors (Lipinski definition) is 4. The molecule has 0 saturated heterocycles. The van der Waals surface area contributed by atoms with Crippen LogP contribution in [-0.4, -0.2) is 21.1 Å². The fourth-order valence-corrected chi connectivity index (χ4v) is 1.58. The molecule has 16 heavy (non-hydrogen) atoms. The van der Waals surface area contributed by atoms with Gasteiger partial charge in [-0.1, -0.05) is 12.1 Å². The van der Waals surface area contributed by atoms with Crippen molar-refractivity contribution in [2.24, 2.45) is 0 Å². The molecular weight excluding hydrogens is 272 g/mol. The fourth-order valence-electron chi connectivity index (χ4n) is 1.12. The molecule has 0 radical (unpaired) electrons. The molecule has 0 aliphatic rings. The van der Waals surface area contributed by atoms with Crippen LogP contribution in [0.5, 0.6) is 0 Å². The first-order valence-corrected chi connectivity index (χ1v) is 5.26. The summed E-state index contributed by atoms with van der Waals surface area (Å²) in [6.45, 7) is 0. The highest BCUT2D eigenvalue weighted by molar-refractivity contribution is 9.10. The molecular formula is C10H7BrN4O. The van der Waals surface area contributed by atoms with Crippen molar-refractivity contribution in [2.45, 2.75) is 0 Å². The van der Waals surface area contributed by atoms with Crippen LogP contribution >= 0.6 is 15.9 Å². The molecule has 6 heteroatoms. The molecule has 2 rings (SSSR count). The van der Waals surface area contributed by atoms with E-state index in [1.54, 1.807) is 18.2 Å². The van der Waals surface area contributed by atoms with Crippen LogP contribution in [0.25, 0.3) is 0 Å². The summed E-state index contributed by atoms with van der Waals surface area (Å²) in [6.07, 6.45) is 2.90. The van der Waals surface area contributed by atoms with Crippen LogP contribution in [0.3, 0.4) is 0 Å². The van der Waals surface area contributed by atoms with Gasteiger partial charge in [0.05, 0.1) is 18.0 Å². The second-order valence-corrected chi connectivity index (χ2v) is 3.75. The highest BCUT2D eigenvalue weighted by Gasteiger charge is 2.10. The number of nitrogens with one attached hydrogen (secondary N) is 1. The third-order valence-electron chi connectivity index (χ3n) is 1.83. The average Bonchev–Trinajstić information content (AvgIpc) is 2.31. The van der Waals surface area contributed by atoms with Crippen molar-refractivity contribution in [3.63, 3.8) is 0 Å². The Hall–Kier alpha value is -1.82. The summed E-state index contributed by atoms with van der Waals surface area (Å²) in [7, 11) is 0. The molecule has 1 heterocycles. The number of aromatic nitrogens is 3. The zero-order chi connectivity index (χ0) is 11.4. The van der Waals surface area contributed by atoms with E-state index in [0.29, 0.717) is 5.56 Å². The smallest absolute Gasteiger partial charge is 0.259 e. The molecule has 1 amide bonds. The highest BCUT2D eigenvalue weighted by atomic mass is 79.9. The van der Waals surface area contributed by atoms with Crippen molar-refractivity contribution in [3.05, 3.63) is 46.7 Å². The van der Waals surface area contributed by atoms with Crippen molar-refractivity contribution in [1.29, 1.82) is 0 Å². The van der Waals surface area contributed by atoms with Crippen LogP contribution in [0.15, 0.2) is 41.1 Å². The van der Waals surface area contributed by atoms with E-state index in [2.05, 4.69) is 36.4 Å². The average molecular weight is 279 g/mol. The van der Waals surface area contributed by atoms with Crippen LogP contribution < -0.4 is 5.32 Å². The summed E-state index contributed by atoms with van der Waals surface area (Å²) in [4.78, 5) is 15.6. The maximum atomic E-state index is 11.8. The van der Waals surface area contributed by atoms with Crippen LogP contribution in [0, 0.1) is 0 Å². The van der Waals surface area contributed by atoms with Crippen molar-refractivity contribution in [1.82, 2.24) is 15.2 Å². The van der Waals surface area contributed by atoms with Gasteiger partial charge in [-0.25, -0.2) is 4.98 Å². The third kappa shape index (κ3) is 2.40. The number of anilines is 1. The van der Waals surface area contributed by atoms with Crippen molar-refractivity contribution >= 4 is 27.8 Å². The molecule has 0 bridgehead atoms. The van der Waals surface area contributed by atoms with Gasteiger partial charge in [0, 0.05) is 4.47 Å². The third-order valence-corrected chi connectivity index (χ3v) is 2.52. The summed E-state index contributed by atoms with van der Waals surface area (Å²) in [6, 6.07) is 7.11. The standard InChI is InChI=1S/C10H7BrN4O/c11-8-4-2-1-3-7(8)9(16)14-10-12-5-6-13-15-10/h1-6H,(H,12,14,15,16). The van der Waals surface area contributed by atoms with E-state index in [-0.39, 0.29) is 11.9 Å². The number of carbonyl (C=O) groups excluding carboxylic acids is 1. The Morgan fingerprint density at radius 2 is 2.06 bits per heavy atom. The van der Waals surface area contributed by atoms with Gasteiger partial charge in [-0.2, -0.15) is 5.10 Å². The summed E-state index contributed by atoms with van der Waals surface area (Å²) >= 11 is 3.29. The lowest BCUT2D eigenvalue weighted by Crippen LogP contribution is -2.14. The topological polar surface area (TPSA) is 67.8 Å². The van der Waals surface area contributed by atoms with Gasteiger partial charge < -0.3 is 0 Å². The van der Waals surface area contributed by atoms with Gasteiger partial charge >= 0.3 is 0 Å². The minimum atomic E-state index is -0.277. The molecule has 1 N–H and O–H groups in total. The monoisotopic (exact) mass is 278 g/mol. The minimum Gasteiger partial charge on any atom is -0.289 e. The zero-order valence-electron chi connectivity index (χ0n) is 8.09. The quantitative estimate of drug-likeness (QED) is 0.911. The Labute approximate surface area is 100 Å². The molecule has 0 fully saturated rings. The predicted molar refractivity (Wildman–Crippen MR) is 61.9 cm³/mol. The maximum absolute atomic E-state index is 11.8. The summed E-state index contributed by atoms with van der Waals surface area (Å²) in [5.41, 5.74) is 0.523. The van der Waals surface area contributed by atoms with Gasteiger partial charge in [-0.05, 0) is 28.1 Å². The van der Waals surface area contributed by atoms with E-state index in [9.17, 15) is 4.79 Å². The van der Waals surface area contributed by atoms with Gasteiger partial charge in [-0.3, -0.25) is 10.1 Å². The molecule has 0 aliphatic heterocycles. The first-order chi connectivity index (χ1) is 7.77. The number of rotatable bonds is 2. The van der Waals surface area contributed by atoms with E-state index in [0.717, 1.165) is 4.47 Å². The number of amides is 1. The van der Waals surface area contributed by atoms with Crippen LogP contribution in [-0.2, 0) is 0 Å². The number of carbonyl (C=O) groups is 1. The van der Waals surface area contributed by atoms with E-state index in [1.165, 1.54) is 12.4 Å². The molecule has 2 aromatic rings. The Kier molecular flexibility index (Phi) is 3.21. The van der Waals surface area contributed by atoms with Gasteiger partial charge in [0.1, 0.15) is 0 Å². The molecule has 5 nitrogen and oxygen atoms in total. The van der Waals surface area contributed by atoms with E-state index in [1.807, 2.05) is 6.07 Å². The van der Waals surface area contributed by atoms with Gasteiger partial charge in [-0.15, -0.1) is 5.10 Å². The van der Waals surface area contributed by atoms with Crippen molar-refractivity contribution in [3.8, 4) is 0 Å². The summed E-state index contributed by atoms with van der Waals surface area (Å²) in [5, 5.41) is 9.83. The van der Waals surface area contributed by atoms with Gasteiger partial charge in [0.25, 0.3) is 5.91 Å². The maximum Gasteiger partial charge on any atom is 0.259 e. The molecule has 1 aromatic heterocycles. The Morgan fingerprint density at radius 1 is 1.25 bits per heavy atom. The second-order valence-electron chi connectivity index (χ2n) is 2.90. The SMILES string of the molecule is O=C(Nc1nccnn1)c1ccccc1Br. The second kappa shape index (κ2) is 4.80. The number of hydrogen-bond donors (Lipinski definition) is 1. The highest BCUT2D eigenvalue weighted by Crippen LogP contribution is 2.16. The lowest BCUT2D eigenvalue weighted by atomic mass is 10.2. The van der Waals surface area contributed by atoms with Gasteiger partial charge in [0.2, 0.25) is 5.95 Å². The molecule has 0 atom stereocenters. The van der Waals surface area contributed by atoms with Crippen LogP contribution in [0.2, 0.25) is 0 Å². The Morgan fingerprint density at radius 3 is 2.75 bits per heavy atom.